The maximum atomic E-state index is 13.0. The first-order valence-corrected chi connectivity index (χ1v) is 13.7. The Morgan fingerprint density at radius 2 is 1.85 bits per heavy atom. The second kappa shape index (κ2) is 9.06. The Morgan fingerprint density at radius 3 is 2.56 bits per heavy atom. The quantitative estimate of drug-likeness (QED) is 0.536. The second-order valence-electron chi connectivity index (χ2n) is 9.57. The number of nitrogens with one attached hydrogen (secondary N) is 1. The van der Waals surface area contributed by atoms with Crippen LogP contribution in [-0.4, -0.2) is 23.5 Å². The second-order valence-corrected chi connectivity index (χ2v) is 11.5. The van der Waals surface area contributed by atoms with Crippen LogP contribution in [0, 0.1) is 6.92 Å². The van der Waals surface area contributed by atoms with E-state index in [9.17, 15) is 18.3 Å². The van der Waals surface area contributed by atoms with Gasteiger partial charge in [0.25, 0.3) is 0 Å². The highest BCUT2D eigenvalue weighted by molar-refractivity contribution is 7.90. The van der Waals surface area contributed by atoms with Crippen LogP contribution in [0.1, 0.15) is 83.8 Å². The molecule has 34 heavy (non-hydrogen) atoms. The highest BCUT2D eigenvalue weighted by atomic mass is 32.2. The van der Waals surface area contributed by atoms with Crippen LogP contribution in [0.3, 0.4) is 0 Å². The van der Waals surface area contributed by atoms with Crippen molar-refractivity contribution in [1.82, 2.24) is 9.97 Å². The van der Waals surface area contributed by atoms with Crippen molar-refractivity contribution in [1.29, 1.82) is 0 Å². The first kappa shape index (κ1) is 22.9. The highest BCUT2D eigenvalue weighted by Gasteiger charge is 2.31. The van der Waals surface area contributed by atoms with Gasteiger partial charge in [0.05, 0.1) is 17.5 Å². The lowest BCUT2D eigenvalue weighted by Crippen LogP contribution is -2.15. The number of aromatic hydroxyl groups is 1. The summed E-state index contributed by atoms with van der Waals surface area (Å²) in [6.45, 7) is 1.72. The van der Waals surface area contributed by atoms with E-state index in [2.05, 4.69) is 9.97 Å². The molecule has 0 spiro atoms. The maximum Gasteiger partial charge on any atom is 0.343 e. The van der Waals surface area contributed by atoms with E-state index in [0.717, 1.165) is 60.8 Å². The molecule has 1 saturated carbocycles. The lowest BCUT2D eigenvalue weighted by atomic mass is 9.91. The third-order valence-corrected chi connectivity index (χ3v) is 8.52. The fourth-order valence-electron chi connectivity index (χ4n) is 5.07. The van der Waals surface area contributed by atoms with Gasteiger partial charge in [-0.3, -0.25) is 0 Å². The van der Waals surface area contributed by atoms with Crippen LogP contribution in [0.5, 0.6) is 5.75 Å². The number of hydrogen-bond donors (Lipinski definition) is 2. The molecule has 5 rings (SSSR count). The number of H-pyrrole nitrogens is 1. The molecule has 2 aliphatic rings. The Balaban J connectivity index is 1.52. The summed E-state index contributed by atoms with van der Waals surface area (Å²) < 4.78 is 31.7. The van der Waals surface area contributed by atoms with Gasteiger partial charge in [-0.25, -0.2) is 18.2 Å². The summed E-state index contributed by atoms with van der Waals surface area (Å²) in [7, 11) is -3.59. The standard InChI is InChI=1S/C26H30N2O5S/c1-16-27-14-23(28-16)34(31,32)15-19-8-6-7-18(24(19)17-11-12-17)13-21-25(29)20-9-4-2-3-5-10-22(20)33-26(21)30/h6-8,14,17,29H,2-5,9-13,15H2,1H3,(H,27,28). The third kappa shape index (κ3) is 4.56. The van der Waals surface area contributed by atoms with E-state index in [1.54, 1.807) is 6.92 Å². The first-order valence-electron chi connectivity index (χ1n) is 12.0. The zero-order valence-electron chi connectivity index (χ0n) is 19.4. The average Bonchev–Trinajstić information content (AvgIpc) is 3.51. The first-order chi connectivity index (χ1) is 16.3. The van der Waals surface area contributed by atoms with Gasteiger partial charge in [0, 0.05) is 18.4 Å². The molecule has 2 aliphatic carbocycles. The number of hydrogen-bond acceptors (Lipinski definition) is 6. The molecular formula is C26H30N2O5S. The molecule has 180 valence electrons. The van der Waals surface area contributed by atoms with Crippen LogP contribution >= 0.6 is 0 Å². The van der Waals surface area contributed by atoms with E-state index in [0.29, 0.717) is 24.4 Å². The monoisotopic (exact) mass is 482 g/mol. The molecule has 3 aromatic rings. The van der Waals surface area contributed by atoms with Crippen molar-refractivity contribution in [2.24, 2.45) is 0 Å². The lowest BCUT2D eigenvalue weighted by molar-refractivity contribution is 0.390. The number of rotatable bonds is 6. The Morgan fingerprint density at radius 1 is 1.12 bits per heavy atom. The summed E-state index contributed by atoms with van der Waals surface area (Å²) in [5.74, 6) is 1.35. The summed E-state index contributed by atoms with van der Waals surface area (Å²) in [5, 5.41) is 11.2. The topological polar surface area (TPSA) is 113 Å². The van der Waals surface area contributed by atoms with Crippen molar-refractivity contribution in [3.8, 4) is 5.75 Å². The van der Waals surface area contributed by atoms with E-state index in [1.807, 2.05) is 18.2 Å². The molecule has 0 unspecified atom stereocenters. The largest absolute Gasteiger partial charge is 0.507 e. The number of sulfone groups is 1. The van der Waals surface area contributed by atoms with Gasteiger partial charge >= 0.3 is 5.63 Å². The molecule has 7 nitrogen and oxygen atoms in total. The average molecular weight is 483 g/mol. The maximum absolute atomic E-state index is 13.0. The summed E-state index contributed by atoms with van der Waals surface area (Å²) in [6.07, 6.45) is 9.04. The van der Waals surface area contributed by atoms with E-state index in [4.69, 9.17) is 4.42 Å². The highest BCUT2D eigenvalue weighted by Crippen LogP contribution is 2.45. The van der Waals surface area contributed by atoms with Crippen molar-refractivity contribution in [2.75, 3.05) is 0 Å². The molecule has 0 amide bonds. The molecule has 2 aromatic heterocycles. The number of aromatic amines is 1. The van der Waals surface area contributed by atoms with Crippen LogP contribution in [0.25, 0.3) is 0 Å². The minimum absolute atomic E-state index is 0.0563. The molecule has 2 N–H and O–H groups in total. The molecular weight excluding hydrogens is 452 g/mol. The molecule has 1 fully saturated rings. The molecule has 0 saturated heterocycles. The van der Waals surface area contributed by atoms with E-state index < -0.39 is 15.5 Å². The minimum Gasteiger partial charge on any atom is -0.507 e. The number of aryl methyl sites for hydroxylation is 2. The van der Waals surface area contributed by atoms with Crippen LogP contribution in [0.4, 0.5) is 0 Å². The van der Waals surface area contributed by atoms with Crippen LogP contribution in [-0.2, 0) is 34.9 Å². The molecule has 0 bridgehead atoms. The summed E-state index contributed by atoms with van der Waals surface area (Å²) >= 11 is 0. The van der Waals surface area contributed by atoms with Crippen LogP contribution < -0.4 is 5.63 Å². The summed E-state index contributed by atoms with van der Waals surface area (Å²) in [4.78, 5) is 19.7. The third-order valence-electron chi connectivity index (χ3n) is 6.95. The smallest absolute Gasteiger partial charge is 0.343 e. The molecule has 8 heteroatoms. The number of aromatic nitrogens is 2. The zero-order valence-corrected chi connectivity index (χ0v) is 20.2. The SMILES string of the molecule is Cc1ncc(S(=O)(=O)Cc2cccc(Cc3c(O)c4c(oc3=O)CCCCCC4)c2C2CC2)[nH]1. The van der Waals surface area contributed by atoms with Crippen LogP contribution in [0.2, 0.25) is 0 Å². The number of benzene rings is 1. The van der Waals surface area contributed by atoms with Gasteiger partial charge in [-0.15, -0.1) is 0 Å². The molecule has 0 aliphatic heterocycles. The van der Waals surface area contributed by atoms with Crippen LogP contribution in [0.15, 0.2) is 38.6 Å². The van der Waals surface area contributed by atoms with Crippen molar-refractivity contribution in [3.05, 3.63) is 74.2 Å². The predicted molar refractivity (Wildman–Crippen MR) is 128 cm³/mol. The molecule has 0 atom stereocenters. The van der Waals surface area contributed by atoms with Crippen molar-refractivity contribution in [3.63, 3.8) is 0 Å². The fourth-order valence-corrected chi connectivity index (χ4v) is 6.41. The normalized spacial score (nSPS) is 16.6. The minimum atomic E-state index is -3.59. The van der Waals surface area contributed by atoms with Crippen molar-refractivity contribution >= 4 is 9.84 Å². The zero-order chi connectivity index (χ0) is 23.9. The van der Waals surface area contributed by atoms with Gasteiger partial charge in [0.2, 0.25) is 0 Å². The van der Waals surface area contributed by atoms with Gasteiger partial charge < -0.3 is 14.5 Å². The molecule has 1 aromatic carbocycles. The molecule has 0 radical (unpaired) electrons. The Kier molecular flexibility index (Phi) is 6.10. The van der Waals surface area contributed by atoms with Crippen molar-refractivity contribution < 1.29 is 17.9 Å². The number of imidazole rings is 1. The number of nitrogens with zero attached hydrogens (tertiary/aromatic N) is 1. The summed E-state index contributed by atoms with van der Waals surface area (Å²) in [6, 6.07) is 5.61. The van der Waals surface area contributed by atoms with Gasteiger partial charge in [0.1, 0.15) is 17.3 Å². The molecule has 2 heterocycles. The van der Waals surface area contributed by atoms with Gasteiger partial charge in [-0.2, -0.15) is 0 Å². The van der Waals surface area contributed by atoms with Gasteiger partial charge in [0.15, 0.2) is 14.9 Å². The predicted octanol–water partition coefficient (Wildman–Crippen LogP) is 4.48. The van der Waals surface area contributed by atoms with E-state index in [-0.39, 0.29) is 34.4 Å². The Bertz CT molecular complexity index is 1380. The van der Waals surface area contributed by atoms with E-state index in [1.165, 1.54) is 6.20 Å². The van der Waals surface area contributed by atoms with Crippen molar-refractivity contribution in [2.45, 2.75) is 81.4 Å². The van der Waals surface area contributed by atoms with E-state index >= 15 is 0 Å². The van der Waals surface area contributed by atoms with Gasteiger partial charge in [-0.05, 0) is 61.6 Å². The number of fused-ring (bicyclic) bond motifs is 1. The van der Waals surface area contributed by atoms with Gasteiger partial charge in [-0.1, -0.05) is 31.0 Å². The summed E-state index contributed by atoms with van der Waals surface area (Å²) in [5.41, 5.74) is 3.13. The fraction of sp³-hybridized carbons (Fsp3) is 0.462. The Labute approximate surface area is 199 Å². The Hall–Kier alpha value is -2.87. The lowest BCUT2D eigenvalue weighted by Gasteiger charge is -2.18.